The van der Waals surface area contributed by atoms with E-state index in [1.165, 1.54) is 0 Å². The van der Waals surface area contributed by atoms with Crippen molar-refractivity contribution in [3.63, 3.8) is 0 Å². The van der Waals surface area contributed by atoms with E-state index in [2.05, 4.69) is 16.1 Å². The van der Waals surface area contributed by atoms with Crippen LogP contribution in [-0.2, 0) is 6.42 Å². The maximum absolute atomic E-state index is 5.26. The number of hydrogen-bond donors (Lipinski definition) is 1. The first-order valence-corrected chi connectivity index (χ1v) is 3.30. The maximum atomic E-state index is 5.26. The molecule has 0 aliphatic rings. The molecular formula is C8H10N2. The fourth-order valence-corrected chi connectivity index (χ4v) is 0.927. The molecule has 0 unspecified atom stereocenters. The Morgan fingerprint density at radius 1 is 1.70 bits per heavy atom. The molecular weight excluding hydrogens is 124 g/mol. The third-order valence-electron chi connectivity index (χ3n) is 1.50. The SMILES string of the molecule is C#Cc1c(CC)n[nH]c1C. The lowest BCUT2D eigenvalue weighted by Gasteiger charge is -1.87. The van der Waals surface area contributed by atoms with E-state index in [0.29, 0.717) is 0 Å². The van der Waals surface area contributed by atoms with E-state index in [9.17, 15) is 0 Å². The van der Waals surface area contributed by atoms with Gasteiger partial charge in [0.2, 0.25) is 0 Å². The van der Waals surface area contributed by atoms with Crippen LogP contribution in [-0.4, -0.2) is 10.2 Å². The largest absolute Gasteiger partial charge is 0.281 e. The molecule has 0 saturated carbocycles. The van der Waals surface area contributed by atoms with Crippen molar-refractivity contribution in [2.24, 2.45) is 0 Å². The van der Waals surface area contributed by atoms with Crippen LogP contribution in [0.1, 0.15) is 23.9 Å². The number of terminal acetylenes is 1. The van der Waals surface area contributed by atoms with Gasteiger partial charge in [0.15, 0.2) is 0 Å². The Labute approximate surface area is 60.7 Å². The van der Waals surface area contributed by atoms with Crippen molar-refractivity contribution in [3.8, 4) is 12.3 Å². The summed E-state index contributed by atoms with van der Waals surface area (Å²) in [6, 6.07) is 0. The van der Waals surface area contributed by atoms with Crippen molar-refractivity contribution in [1.29, 1.82) is 0 Å². The summed E-state index contributed by atoms with van der Waals surface area (Å²) in [5.74, 6) is 2.60. The Morgan fingerprint density at radius 3 is 2.80 bits per heavy atom. The van der Waals surface area contributed by atoms with Gasteiger partial charge in [-0.15, -0.1) is 6.42 Å². The lowest BCUT2D eigenvalue weighted by Crippen LogP contribution is -1.83. The average Bonchev–Trinajstić information content (AvgIpc) is 2.30. The van der Waals surface area contributed by atoms with Gasteiger partial charge < -0.3 is 0 Å². The highest BCUT2D eigenvalue weighted by Gasteiger charge is 2.03. The molecule has 2 nitrogen and oxygen atoms in total. The van der Waals surface area contributed by atoms with Gasteiger partial charge in [0, 0.05) is 5.69 Å². The van der Waals surface area contributed by atoms with Crippen LogP contribution in [0.5, 0.6) is 0 Å². The van der Waals surface area contributed by atoms with E-state index in [-0.39, 0.29) is 0 Å². The van der Waals surface area contributed by atoms with Crippen LogP contribution in [0.2, 0.25) is 0 Å². The van der Waals surface area contributed by atoms with E-state index >= 15 is 0 Å². The highest BCUT2D eigenvalue weighted by Crippen LogP contribution is 2.08. The smallest absolute Gasteiger partial charge is 0.0778 e. The monoisotopic (exact) mass is 134 g/mol. The molecule has 10 heavy (non-hydrogen) atoms. The number of aromatic amines is 1. The molecule has 0 aliphatic heterocycles. The van der Waals surface area contributed by atoms with Crippen molar-refractivity contribution in [3.05, 3.63) is 17.0 Å². The average molecular weight is 134 g/mol. The first-order chi connectivity index (χ1) is 4.79. The quantitative estimate of drug-likeness (QED) is 0.575. The first-order valence-electron chi connectivity index (χ1n) is 3.30. The molecule has 1 heterocycles. The molecule has 0 spiro atoms. The third-order valence-corrected chi connectivity index (χ3v) is 1.50. The van der Waals surface area contributed by atoms with Gasteiger partial charge in [0.25, 0.3) is 0 Å². The normalized spacial score (nSPS) is 9.30. The molecule has 0 atom stereocenters. The van der Waals surface area contributed by atoms with Crippen molar-refractivity contribution in [2.75, 3.05) is 0 Å². The fraction of sp³-hybridized carbons (Fsp3) is 0.375. The van der Waals surface area contributed by atoms with Gasteiger partial charge in [0.1, 0.15) is 0 Å². The first kappa shape index (κ1) is 6.88. The lowest BCUT2D eigenvalue weighted by molar-refractivity contribution is 0.961. The predicted molar refractivity (Wildman–Crippen MR) is 40.6 cm³/mol. The molecule has 0 radical (unpaired) electrons. The summed E-state index contributed by atoms with van der Waals surface area (Å²) in [5, 5.41) is 6.88. The Kier molecular flexibility index (Phi) is 1.77. The standard InChI is InChI=1S/C8H10N2/c1-4-7-6(3)9-10-8(7)5-2/h1H,5H2,2-3H3,(H,9,10). The van der Waals surface area contributed by atoms with Crippen molar-refractivity contribution >= 4 is 0 Å². The van der Waals surface area contributed by atoms with Crippen LogP contribution in [0.15, 0.2) is 0 Å². The molecule has 2 heteroatoms. The van der Waals surface area contributed by atoms with E-state index in [1.807, 2.05) is 13.8 Å². The minimum Gasteiger partial charge on any atom is -0.281 e. The number of H-pyrrole nitrogens is 1. The number of hydrogen-bond acceptors (Lipinski definition) is 1. The van der Waals surface area contributed by atoms with E-state index < -0.39 is 0 Å². The molecule has 0 fully saturated rings. The number of rotatable bonds is 1. The summed E-state index contributed by atoms with van der Waals surface area (Å²) in [6.07, 6.45) is 6.15. The number of aryl methyl sites for hydroxylation is 2. The van der Waals surface area contributed by atoms with Gasteiger partial charge >= 0.3 is 0 Å². The Hall–Kier alpha value is -1.23. The molecule has 1 aromatic heterocycles. The molecule has 0 saturated heterocycles. The molecule has 1 N–H and O–H groups in total. The van der Waals surface area contributed by atoms with Crippen molar-refractivity contribution in [2.45, 2.75) is 20.3 Å². The van der Waals surface area contributed by atoms with E-state index in [4.69, 9.17) is 6.42 Å². The summed E-state index contributed by atoms with van der Waals surface area (Å²) in [4.78, 5) is 0. The lowest BCUT2D eigenvalue weighted by atomic mass is 10.2. The van der Waals surface area contributed by atoms with Gasteiger partial charge in [-0.1, -0.05) is 12.8 Å². The minimum atomic E-state index is 0.893. The van der Waals surface area contributed by atoms with Crippen LogP contribution in [0.4, 0.5) is 0 Å². The zero-order valence-electron chi connectivity index (χ0n) is 6.23. The van der Waals surface area contributed by atoms with E-state index in [1.54, 1.807) is 0 Å². The Balaban J connectivity index is 3.17. The summed E-state index contributed by atoms with van der Waals surface area (Å²) in [5.41, 5.74) is 2.89. The summed E-state index contributed by atoms with van der Waals surface area (Å²) < 4.78 is 0. The van der Waals surface area contributed by atoms with Gasteiger partial charge in [-0.25, -0.2) is 0 Å². The Morgan fingerprint density at radius 2 is 2.40 bits per heavy atom. The van der Waals surface area contributed by atoms with Gasteiger partial charge in [-0.2, -0.15) is 5.10 Å². The summed E-state index contributed by atoms with van der Waals surface area (Å²) in [6.45, 7) is 3.97. The number of nitrogens with one attached hydrogen (secondary N) is 1. The number of nitrogens with zero attached hydrogens (tertiary/aromatic N) is 1. The van der Waals surface area contributed by atoms with Crippen LogP contribution in [0.3, 0.4) is 0 Å². The van der Waals surface area contributed by atoms with E-state index in [0.717, 1.165) is 23.4 Å². The fourth-order valence-electron chi connectivity index (χ4n) is 0.927. The second-order valence-electron chi connectivity index (χ2n) is 2.17. The maximum Gasteiger partial charge on any atom is 0.0778 e. The van der Waals surface area contributed by atoms with Crippen LogP contribution >= 0.6 is 0 Å². The van der Waals surface area contributed by atoms with Gasteiger partial charge in [-0.3, -0.25) is 5.10 Å². The molecule has 52 valence electrons. The molecule has 1 aromatic rings. The van der Waals surface area contributed by atoms with Gasteiger partial charge in [0.05, 0.1) is 11.3 Å². The van der Waals surface area contributed by atoms with Crippen LogP contribution < -0.4 is 0 Å². The third kappa shape index (κ3) is 0.906. The topological polar surface area (TPSA) is 28.7 Å². The van der Waals surface area contributed by atoms with Crippen LogP contribution in [0, 0.1) is 19.3 Å². The second kappa shape index (κ2) is 2.57. The summed E-state index contributed by atoms with van der Waals surface area (Å²) in [7, 11) is 0. The zero-order valence-corrected chi connectivity index (χ0v) is 6.23. The van der Waals surface area contributed by atoms with Crippen LogP contribution in [0.25, 0.3) is 0 Å². The molecule has 0 aliphatic carbocycles. The zero-order chi connectivity index (χ0) is 7.56. The molecule has 0 aromatic carbocycles. The summed E-state index contributed by atoms with van der Waals surface area (Å²) >= 11 is 0. The second-order valence-corrected chi connectivity index (χ2v) is 2.17. The highest BCUT2D eigenvalue weighted by molar-refractivity contribution is 5.39. The molecule has 1 rings (SSSR count). The number of aromatic nitrogens is 2. The molecule has 0 amide bonds. The predicted octanol–water partition coefficient (Wildman–Crippen LogP) is 1.26. The van der Waals surface area contributed by atoms with Crippen molar-refractivity contribution < 1.29 is 0 Å². The minimum absolute atomic E-state index is 0.893. The van der Waals surface area contributed by atoms with Crippen molar-refractivity contribution in [1.82, 2.24) is 10.2 Å². The molecule has 0 bridgehead atoms. The Bertz CT molecular complexity index is 265. The highest BCUT2D eigenvalue weighted by atomic mass is 15.1. The van der Waals surface area contributed by atoms with Gasteiger partial charge in [-0.05, 0) is 13.3 Å².